The van der Waals surface area contributed by atoms with Gasteiger partial charge in [-0.05, 0) is 49.4 Å². The highest BCUT2D eigenvalue weighted by Crippen LogP contribution is 2.34. The largest absolute Gasteiger partial charge is 0.493 e. The number of ether oxygens (including phenoxy) is 2. The van der Waals surface area contributed by atoms with Crippen LogP contribution >= 0.6 is 11.8 Å². The monoisotopic (exact) mass is 307 g/mol. The maximum atomic E-state index is 12.0. The van der Waals surface area contributed by atoms with Crippen LogP contribution in [0.5, 0.6) is 11.5 Å². The van der Waals surface area contributed by atoms with Gasteiger partial charge in [0.2, 0.25) is 0 Å². The van der Waals surface area contributed by atoms with Crippen molar-refractivity contribution in [3.63, 3.8) is 0 Å². The van der Waals surface area contributed by atoms with Crippen molar-refractivity contribution >= 4 is 29.0 Å². The van der Waals surface area contributed by atoms with Crippen LogP contribution in [-0.2, 0) is 4.79 Å². The van der Waals surface area contributed by atoms with E-state index in [1.165, 1.54) is 4.90 Å². The number of methoxy groups -OCH3 is 1. The number of hydrogen-bond acceptors (Lipinski definition) is 5. The first-order valence-electron chi connectivity index (χ1n) is 6.66. The summed E-state index contributed by atoms with van der Waals surface area (Å²) in [5.74, 6) is 1.000. The van der Waals surface area contributed by atoms with Crippen LogP contribution in [0.15, 0.2) is 23.1 Å². The fourth-order valence-electron chi connectivity index (χ4n) is 1.97. The number of benzene rings is 1. The minimum absolute atomic E-state index is 0.230. The third kappa shape index (κ3) is 3.21. The molecule has 5 nitrogen and oxygen atoms in total. The first kappa shape index (κ1) is 15.4. The van der Waals surface area contributed by atoms with Crippen molar-refractivity contribution in [1.29, 1.82) is 0 Å². The molecule has 0 aliphatic carbocycles. The molecule has 6 heteroatoms. The lowest BCUT2D eigenvalue weighted by Crippen LogP contribution is -2.27. The van der Waals surface area contributed by atoms with E-state index in [0.29, 0.717) is 29.6 Å². The molecule has 0 N–H and O–H groups in total. The first-order chi connectivity index (χ1) is 10.1. The summed E-state index contributed by atoms with van der Waals surface area (Å²) in [6.45, 7) is 4.60. The number of carbonyl (C=O) groups excluding carboxylic acids is 2. The lowest BCUT2D eigenvalue weighted by Gasteiger charge is -2.10. The van der Waals surface area contributed by atoms with Gasteiger partial charge in [-0.1, -0.05) is 6.07 Å². The number of thioether (sulfide) groups is 1. The molecular weight excluding hydrogens is 290 g/mol. The van der Waals surface area contributed by atoms with Gasteiger partial charge in [-0.3, -0.25) is 14.5 Å². The standard InChI is InChI=1S/C15H17NO4S/c1-4-16-14(17)13(21-15(16)18)9-10-6-7-11(20-5-2)12(8-10)19-3/h6-9H,4-5H2,1-3H3. The summed E-state index contributed by atoms with van der Waals surface area (Å²) in [5, 5.41) is -0.230. The zero-order valence-electron chi connectivity index (χ0n) is 12.2. The highest BCUT2D eigenvalue weighted by atomic mass is 32.2. The van der Waals surface area contributed by atoms with E-state index in [2.05, 4.69) is 0 Å². The number of imide groups is 1. The van der Waals surface area contributed by atoms with Crippen LogP contribution in [-0.4, -0.2) is 36.3 Å². The fourth-order valence-corrected chi connectivity index (χ4v) is 2.88. The summed E-state index contributed by atoms with van der Waals surface area (Å²) >= 11 is 0.956. The molecule has 0 radical (unpaired) electrons. The third-order valence-corrected chi connectivity index (χ3v) is 3.88. The molecule has 0 saturated carbocycles. The molecule has 0 bridgehead atoms. The van der Waals surface area contributed by atoms with Gasteiger partial charge in [0.25, 0.3) is 11.1 Å². The highest BCUT2D eigenvalue weighted by Gasteiger charge is 2.33. The molecule has 0 spiro atoms. The van der Waals surface area contributed by atoms with Gasteiger partial charge in [0, 0.05) is 6.54 Å². The van der Waals surface area contributed by atoms with Crippen molar-refractivity contribution in [2.45, 2.75) is 13.8 Å². The van der Waals surface area contributed by atoms with Crippen LogP contribution < -0.4 is 9.47 Å². The van der Waals surface area contributed by atoms with E-state index in [1.807, 2.05) is 13.0 Å². The third-order valence-electron chi connectivity index (χ3n) is 2.98. The highest BCUT2D eigenvalue weighted by molar-refractivity contribution is 8.18. The molecule has 0 aromatic heterocycles. The van der Waals surface area contributed by atoms with Crippen LogP contribution in [0.1, 0.15) is 19.4 Å². The van der Waals surface area contributed by atoms with Crippen LogP contribution in [0.25, 0.3) is 6.08 Å². The predicted molar refractivity (Wildman–Crippen MR) is 82.5 cm³/mol. The average Bonchev–Trinajstić information content (AvgIpc) is 2.74. The predicted octanol–water partition coefficient (Wildman–Crippen LogP) is 3.15. The fraction of sp³-hybridized carbons (Fsp3) is 0.333. The lowest BCUT2D eigenvalue weighted by atomic mass is 10.2. The summed E-state index contributed by atoms with van der Waals surface area (Å²) < 4.78 is 10.7. The summed E-state index contributed by atoms with van der Waals surface area (Å²) in [4.78, 5) is 25.3. The van der Waals surface area contributed by atoms with Crippen LogP contribution in [0.4, 0.5) is 4.79 Å². The van der Waals surface area contributed by atoms with E-state index in [1.54, 1.807) is 32.2 Å². The van der Waals surface area contributed by atoms with E-state index < -0.39 is 0 Å². The number of carbonyl (C=O) groups is 2. The van der Waals surface area contributed by atoms with Gasteiger partial charge in [0.05, 0.1) is 18.6 Å². The molecule has 1 fully saturated rings. The molecule has 1 heterocycles. The van der Waals surface area contributed by atoms with Crippen molar-refractivity contribution in [1.82, 2.24) is 4.90 Å². The van der Waals surface area contributed by atoms with E-state index >= 15 is 0 Å². The Morgan fingerprint density at radius 1 is 1.24 bits per heavy atom. The van der Waals surface area contributed by atoms with Gasteiger partial charge in [-0.25, -0.2) is 0 Å². The number of rotatable bonds is 5. The smallest absolute Gasteiger partial charge is 0.293 e. The number of likely N-dealkylation sites (N-methyl/N-ethyl adjacent to an activating group) is 1. The molecule has 1 aliphatic heterocycles. The Morgan fingerprint density at radius 2 is 2.00 bits per heavy atom. The van der Waals surface area contributed by atoms with E-state index in [4.69, 9.17) is 9.47 Å². The quantitative estimate of drug-likeness (QED) is 0.782. The molecule has 1 aromatic carbocycles. The van der Waals surface area contributed by atoms with Gasteiger partial charge in [0.1, 0.15) is 0 Å². The Labute approximate surface area is 127 Å². The van der Waals surface area contributed by atoms with E-state index in [-0.39, 0.29) is 11.1 Å². The molecule has 1 aromatic rings. The van der Waals surface area contributed by atoms with Gasteiger partial charge in [-0.15, -0.1) is 0 Å². The molecule has 21 heavy (non-hydrogen) atoms. The van der Waals surface area contributed by atoms with E-state index in [0.717, 1.165) is 17.3 Å². The Bertz CT molecular complexity index is 597. The van der Waals surface area contributed by atoms with Crippen molar-refractivity contribution in [3.05, 3.63) is 28.7 Å². The Hall–Kier alpha value is -1.95. The zero-order valence-corrected chi connectivity index (χ0v) is 13.0. The lowest BCUT2D eigenvalue weighted by molar-refractivity contribution is -0.122. The van der Waals surface area contributed by atoms with Gasteiger partial charge in [0.15, 0.2) is 11.5 Å². The van der Waals surface area contributed by atoms with Crippen molar-refractivity contribution < 1.29 is 19.1 Å². The second kappa shape index (κ2) is 6.67. The van der Waals surface area contributed by atoms with Gasteiger partial charge >= 0.3 is 0 Å². The van der Waals surface area contributed by atoms with Gasteiger partial charge in [-0.2, -0.15) is 0 Å². The van der Waals surface area contributed by atoms with Crippen molar-refractivity contribution in [2.24, 2.45) is 0 Å². The molecule has 0 atom stereocenters. The summed E-state index contributed by atoms with van der Waals surface area (Å²) in [6.07, 6.45) is 1.69. The second-order valence-corrected chi connectivity index (χ2v) is 5.26. The molecule has 112 valence electrons. The molecule has 0 unspecified atom stereocenters. The minimum Gasteiger partial charge on any atom is -0.493 e. The van der Waals surface area contributed by atoms with Crippen molar-refractivity contribution in [2.75, 3.05) is 20.3 Å². The SMILES string of the molecule is CCOc1ccc(C=C2SC(=O)N(CC)C2=O)cc1OC. The zero-order chi connectivity index (χ0) is 15.4. The van der Waals surface area contributed by atoms with Gasteiger partial charge < -0.3 is 9.47 Å². The number of hydrogen-bond donors (Lipinski definition) is 0. The number of nitrogens with zero attached hydrogens (tertiary/aromatic N) is 1. The molecule has 2 amide bonds. The molecule has 1 aliphatic rings. The topological polar surface area (TPSA) is 55.8 Å². The normalized spacial score (nSPS) is 16.7. The first-order valence-corrected chi connectivity index (χ1v) is 7.48. The Kier molecular flexibility index (Phi) is 4.90. The molecular formula is C15H17NO4S. The second-order valence-electron chi connectivity index (χ2n) is 4.27. The minimum atomic E-state index is -0.250. The summed E-state index contributed by atoms with van der Waals surface area (Å²) in [6, 6.07) is 5.40. The molecule has 1 saturated heterocycles. The van der Waals surface area contributed by atoms with Crippen LogP contribution in [0, 0.1) is 0 Å². The summed E-state index contributed by atoms with van der Waals surface area (Å²) in [7, 11) is 1.56. The van der Waals surface area contributed by atoms with Crippen molar-refractivity contribution in [3.8, 4) is 11.5 Å². The van der Waals surface area contributed by atoms with Crippen LogP contribution in [0.3, 0.4) is 0 Å². The number of amides is 2. The molecule has 2 rings (SSSR count). The average molecular weight is 307 g/mol. The maximum Gasteiger partial charge on any atom is 0.293 e. The van der Waals surface area contributed by atoms with E-state index in [9.17, 15) is 9.59 Å². The Morgan fingerprint density at radius 3 is 2.57 bits per heavy atom. The maximum absolute atomic E-state index is 12.0. The van der Waals surface area contributed by atoms with Crippen LogP contribution in [0.2, 0.25) is 0 Å². The summed E-state index contributed by atoms with van der Waals surface area (Å²) in [5.41, 5.74) is 0.789. The Balaban J connectivity index is 2.29.